The third kappa shape index (κ3) is 5.06. The maximum atomic E-state index is 12.4. The first-order chi connectivity index (χ1) is 15.5. The quantitative estimate of drug-likeness (QED) is 0.382. The molecule has 2 heterocycles. The van der Waals surface area contributed by atoms with Gasteiger partial charge in [-0.2, -0.15) is 0 Å². The summed E-state index contributed by atoms with van der Waals surface area (Å²) in [4.78, 5) is 29.2. The highest BCUT2D eigenvalue weighted by atomic mass is 32.2. The van der Waals surface area contributed by atoms with Crippen LogP contribution < -0.4 is 15.4 Å². The van der Waals surface area contributed by atoms with E-state index in [2.05, 4.69) is 25.8 Å². The van der Waals surface area contributed by atoms with Crippen molar-refractivity contribution in [2.45, 2.75) is 11.6 Å². The maximum Gasteiger partial charge on any atom is 0.236 e. The third-order valence-electron chi connectivity index (χ3n) is 4.50. The van der Waals surface area contributed by atoms with Crippen LogP contribution in [0.15, 0.2) is 53.7 Å². The summed E-state index contributed by atoms with van der Waals surface area (Å²) in [6, 6.07) is 14.9. The fraction of sp³-hybridized carbons (Fsp3) is 0.190. The number of benzene rings is 2. The minimum absolute atomic E-state index is 0.0417. The predicted octanol–water partition coefficient (Wildman–Crippen LogP) is 3.35. The lowest BCUT2D eigenvalue weighted by atomic mass is 10.2. The molecule has 0 aliphatic carbocycles. The van der Waals surface area contributed by atoms with Crippen LogP contribution >= 0.6 is 23.1 Å². The van der Waals surface area contributed by atoms with E-state index in [1.807, 2.05) is 36.4 Å². The van der Waals surface area contributed by atoms with E-state index >= 15 is 0 Å². The largest absolute Gasteiger partial charge is 0.495 e. The van der Waals surface area contributed by atoms with E-state index in [1.165, 1.54) is 23.1 Å². The van der Waals surface area contributed by atoms with E-state index in [0.29, 0.717) is 27.5 Å². The summed E-state index contributed by atoms with van der Waals surface area (Å²) in [7, 11) is 3.31. The number of nitrogens with one attached hydrogen (secondary N) is 2. The lowest BCUT2D eigenvalue weighted by molar-refractivity contribution is -0.116. The van der Waals surface area contributed by atoms with Crippen molar-refractivity contribution in [3.8, 4) is 5.75 Å². The number of anilines is 2. The molecular formula is C21H20N6O3S2. The predicted molar refractivity (Wildman–Crippen MR) is 125 cm³/mol. The van der Waals surface area contributed by atoms with Gasteiger partial charge in [-0.1, -0.05) is 47.4 Å². The van der Waals surface area contributed by atoms with Crippen LogP contribution in [0.2, 0.25) is 0 Å². The number of hydrogen-bond donors (Lipinski definition) is 2. The second-order valence-electron chi connectivity index (χ2n) is 6.71. The van der Waals surface area contributed by atoms with Crippen LogP contribution in [0.5, 0.6) is 5.75 Å². The zero-order valence-corrected chi connectivity index (χ0v) is 19.0. The third-order valence-corrected chi connectivity index (χ3v) is 6.47. The minimum atomic E-state index is -0.241. The molecule has 0 saturated carbocycles. The lowest BCUT2D eigenvalue weighted by Crippen LogP contribution is -2.17. The number of carbonyl (C=O) groups excluding carboxylic acids is 2. The van der Waals surface area contributed by atoms with Crippen molar-refractivity contribution in [3.63, 3.8) is 0 Å². The van der Waals surface area contributed by atoms with Gasteiger partial charge in [0.15, 0.2) is 10.3 Å². The average Bonchev–Trinajstić information content (AvgIpc) is 3.35. The molecule has 0 aliphatic heterocycles. The number of thiazole rings is 1. The maximum absolute atomic E-state index is 12.4. The van der Waals surface area contributed by atoms with Gasteiger partial charge in [-0.3, -0.25) is 9.59 Å². The van der Waals surface area contributed by atoms with Crippen LogP contribution in [-0.2, 0) is 23.1 Å². The summed E-state index contributed by atoms with van der Waals surface area (Å²) >= 11 is 2.67. The first-order valence-corrected chi connectivity index (χ1v) is 11.4. The van der Waals surface area contributed by atoms with Crippen molar-refractivity contribution in [1.29, 1.82) is 0 Å². The molecule has 0 bridgehead atoms. The monoisotopic (exact) mass is 468 g/mol. The Morgan fingerprint density at radius 3 is 2.66 bits per heavy atom. The van der Waals surface area contributed by atoms with E-state index in [9.17, 15) is 9.59 Å². The number of ether oxygens (including phenoxy) is 1. The summed E-state index contributed by atoms with van der Waals surface area (Å²) in [5.41, 5.74) is 1.44. The van der Waals surface area contributed by atoms with Crippen LogP contribution in [0.25, 0.3) is 10.2 Å². The molecule has 0 atom stereocenters. The Morgan fingerprint density at radius 2 is 1.84 bits per heavy atom. The molecule has 2 aromatic heterocycles. The summed E-state index contributed by atoms with van der Waals surface area (Å²) in [6.07, 6.45) is 0.0417. The fourth-order valence-electron chi connectivity index (χ4n) is 2.92. The van der Waals surface area contributed by atoms with Gasteiger partial charge in [-0.25, -0.2) is 4.98 Å². The second kappa shape index (κ2) is 9.79. The SMILES string of the molecule is COc1ccccc1NC(=O)Cc1nnc(SCC(=O)Nc2nc3ccccc3s2)n1C. The molecule has 32 heavy (non-hydrogen) atoms. The molecule has 2 N–H and O–H groups in total. The molecule has 0 saturated heterocycles. The minimum Gasteiger partial charge on any atom is -0.495 e. The number of para-hydroxylation sites is 3. The molecule has 4 rings (SSSR count). The second-order valence-corrected chi connectivity index (χ2v) is 8.68. The van der Waals surface area contributed by atoms with Gasteiger partial charge in [-0.15, -0.1) is 10.2 Å². The van der Waals surface area contributed by atoms with Gasteiger partial charge < -0.3 is 19.9 Å². The molecule has 0 spiro atoms. The van der Waals surface area contributed by atoms with E-state index in [-0.39, 0.29) is 24.0 Å². The zero-order valence-electron chi connectivity index (χ0n) is 17.4. The van der Waals surface area contributed by atoms with Gasteiger partial charge in [0.05, 0.1) is 35.2 Å². The lowest BCUT2D eigenvalue weighted by Gasteiger charge is -2.09. The molecule has 0 fully saturated rings. The molecular weight excluding hydrogens is 448 g/mol. The summed E-state index contributed by atoms with van der Waals surface area (Å²) in [6.45, 7) is 0. The molecule has 0 radical (unpaired) electrons. The van der Waals surface area contributed by atoms with E-state index in [1.54, 1.807) is 30.9 Å². The van der Waals surface area contributed by atoms with Gasteiger partial charge in [0.2, 0.25) is 11.8 Å². The highest BCUT2D eigenvalue weighted by Crippen LogP contribution is 2.26. The molecule has 0 unspecified atom stereocenters. The van der Waals surface area contributed by atoms with Crippen molar-refractivity contribution >= 4 is 55.9 Å². The van der Waals surface area contributed by atoms with Crippen molar-refractivity contribution in [3.05, 3.63) is 54.4 Å². The molecule has 0 aliphatic rings. The van der Waals surface area contributed by atoms with E-state index in [0.717, 1.165) is 10.2 Å². The summed E-state index contributed by atoms with van der Waals surface area (Å²) in [5.74, 6) is 0.790. The Kier molecular flexibility index (Phi) is 6.66. The van der Waals surface area contributed by atoms with Gasteiger partial charge in [0.25, 0.3) is 0 Å². The van der Waals surface area contributed by atoms with Crippen molar-refractivity contribution < 1.29 is 14.3 Å². The van der Waals surface area contributed by atoms with Crippen LogP contribution in [0, 0.1) is 0 Å². The number of methoxy groups -OCH3 is 1. The van der Waals surface area contributed by atoms with Gasteiger partial charge in [-0.05, 0) is 24.3 Å². The number of fused-ring (bicyclic) bond motifs is 1. The van der Waals surface area contributed by atoms with E-state index in [4.69, 9.17) is 4.74 Å². The van der Waals surface area contributed by atoms with Crippen LogP contribution in [0.1, 0.15) is 5.82 Å². The van der Waals surface area contributed by atoms with E-state index < -0.39 is 0 Å². The Hall–Kier alpha value is -3.44. The Bertz CT molecular complexity index is 1240. The highest BCUT2D eigenvalue weighted by Gasteiger charge is 2.16. The zero-order chi connectivity index (χ0) is 22.5. The molecule has 2 amide bonds. The fourth-order valence-corrected chi connectivity index (χ4v) is 4.53. The number of amides is 2. The summed E-state index contributed by atoms with van der Waals surface area (Å²) in [5, 5.41) is 14.9. The number of nitrogens with zero attached hydrogens (tertiary/aromatic N) is 4. The topological polar surface area (TPSA) is 111 Å². The Labute approximate surface area is 192 Å². The van der Waals surface area contributed by atoms with Crippen molar-refractivity contribution in [2.75, 3.05) is 23.5 Å². The first kappa shape index (κ1) is 21.8. The number of hydrogen-bond acceptors (Lipinski definition) is 8. The number of rotatable bonds is 8. The van der Waals surface area contributed by atoms with Gasteiger partial charge in [0.1, 0.15) is 11.6 Å². The van der Waals surface area contributed by atoms with Gasteiger partial charge >= 0.3 is 0 Å². The molecule has 4 aromatic rings. The highest BCUT2D eigenvalue weighted by molar-refractivity contribution is 7.99. The van der Waals surface area contributed by atoms with Crippen LogP contribution in [0.3, 0.4) is 0 Å². The molecule has 11 heteroatoms. The smallest absolute Gasteiger partial charge is 0.236 e. The Morgan fingerprint density at radius 1 is 1.06 bits per heavy atom. The first-order valence-electron chi connectivity index (χ1n) is 9.63. The standard InChI is InChI=1S/C21H20N6O3S2/c1-27-17(11-18(28)22-13-7-3-5-9-15(13)30-2)25-26-21(27)31-12-19(29)24-20-23-14-8-4-6-10-16(14)32-20/h3-10H,11-12H2,1-2H3,(H,22,28)(H,23,24,29). The number of aromatic nitrogens is 4. The van der Waals surface area contributed by atoms with Crippen LogP contribution in [0.4, 0.5) is 10.8 Å². The normalized spacial score (nSPS) is 10.8. The summed E-state index contributed by atoms with van der Waals surface area (Å²) < 4.78 is 7.96. The number of thioether (sulfide) groups is 1. The van der Waals surface area contributed by atoms with Crippen molar-refractivity contribution in [1.82, 2.24) is 19.7 Å². The van der Waals surface area contributed by atoms with Crippen molar-refractivity contribution in [2.24, 2.45) is 7.05 Å². The molecule has 2 aromatic carbocycles. The molecule has 9 nitrogen and oxygen atoms in total. The van der Waals surface area contributed by atoms with Crippen LogP contribution in [-0.4, -0.2) is 44.4 Å². The van der Waals surface area contributed by atoms with Gasteiger partial charge in [0, 0.05) is 7.05 Å². The number of carbonyl (C=O) groups is 2. The average molecular weight is 469 g/mol. The Balaban J connectivity index is 1.32. The molecule has 164 valence electrons.